The molecule has 7 heteroatoms. The molecule has 1 aliphatic heterocycles. The lowest BCUT2D eigenvalue weighted by Gasteiger charge is -2.39. The van der Waals surface area contributed by atoms with Crippen LogP contribution in [0.4, 0.5) is 5.69 Å². The minimum Gasteiger partial charge on any atom is -0.497 e. The summed E-state index contributed by atoms with van der Waals surface area (Å²) in [6.45, 7) is 4.10. The Morgan fingerprint density at radius 2 is 1.97 bits per heavy atom. The largest absolute Gasteiger partial charge is 0.497 e. The Hall–Kier alpha value is -3.03. The lowest BCUT2D eigenvalue weighted by molar-refractivity contribution is -0.116. The van der Waals surface area contributed by atoms with E-state index in [1.54, 1.807) is 30.8 Å². The number of thiophene rings is 1. The van der Waals surface area contributed by atoms with Crippen molar-refractivity contribution in [2.75, 3.05) is 44.7 Å². The van der Waals surface area contributed by atoms with E-state index in [4.69, 9.17) is 9.15 Å². The first kappa shape index (κ1) is 21.2. The van der Waals surface area contributed by atoms with Crippen molar-refractivity contribution in [2.24, 2.45) is 0 Å². The van der Waals surface area contributed by atoms with Crippen LogP contribution >= 0.6 is 11.3 Å². The summed E-state index contributed by atoms with van der Waals surface area (Å²) in [5.74, 6) is 1.64. The smallest absolute Gasteiger partial charge is 0.244 e. The van der Waals surface area contributed by atoms with Gasteiger partial charge in [0.25, 0.3) is 0 Å². The molecule has 4 rings (SSSR count). The monoisotopic (exact) mass is 437 g/mol. The third-order valence-electron chi connectivity index (χ3n) is 5.48. The number of piperazine rings is 1. The van der Waals surface area contributed by atoms with E-state index in [2.05, 4.69) is 27.2 Å². The summed E-state index contributed by atoms with van der Waals surface area (Å²) < 4.78 is 11.0. The molecule has 31 heavy (non-hydrogen) atoms. The molecular formula is C24H27N3O3S. The van der Waals surface area contributed by atoms with E-state index in [1.165, 1.54) is 5.69 Å². The van der Waals surface area contributed by atoms with Gasteiger partial charge in [-0.15, -0.1) is 11.3 Å². The highest BCUT2D eigenvalue weighted by Crippen LogP contribution is 2.25. The van der Waals surface area contributed by atoms with Crippen molar-refractivity contribution < 1.29 is 13.9 Å². The van der Waals surface area contributed by atoms with Crippen LogP contribution in [0.25, 0.3) is 6.08 Å². The molecule has 2 aromatic heterocycles. The highest BCUT2D eigenvalue weighted by molar-refractivity contribution is 7.10. The van der Waals surface area contributed by atoms with E-state index < -0.39 is 0 Å². The minimum atomic E-state index is -0.0955. The summed E-state index contributed by atoms with van der Waals surface area (Å²) in [6, 6.07) is 16.0. The van der Waals surface area contributed by atoms with Gasteiger partial charge in [-0.3, -0.25) is 9.69 Å². The Bertz CT molecular complexity index is 960. The lowest BCUT2D eigenvalue weighted by atomic mass is 10.1. The molecule has 3 heterocycles. The summed E-state index contributed by atoms with van der Waals surface area (Å²) in [6.07, 6.45) is 5.12. The molecule has 0 spiro atoms. The van der Waals surface area contributed by atoms with E-state index >= 15 is 0 Å². The molecule has 1 unspecified atom stereocenters. The van der Waals surface area contributed by atoms with Crippen molar-refractivity contribution in [1.29, 1.82) is 0 Å². The fourth-order valence-electron chi connectivity index (χ4n) is 3.78. The number of carbonyl (C=O) groups excluding carboxylic acids is 1. The number of anilines is 1. The van der Waals surface area contributed by atoms with Crippen molar-refractivity contribution in [2.45, 2.75) is 6.04 Å². The molecular weight excluding hydrogens is 410 g/mol. The molecule has 162 valence electrons. The van der Waals surface area contributed by atoms with Gasteiger partial charge in [-0.2, -0.15) is 0 Å². The number of benzene rings is 1. The standard InChI is InChI=1S/C24H27N3O3S/c1-29-20-8-6-19(7-9-20)26-12-14-27(15-13-26)22(23-5-2-16-30-23)18-25-24(28)11-10-21-4-3-17-31-21/h2-11,16-17,22H,12-15,18H2,1H3,(H,25,28)/b11-10+. The first-order chi connectivity index (χ1) is 15.2. The van der Waals surface area contributed by atoms with Crippen LogP contribution in [0, 0.1) is 0 Å². The maximum Gasteiger partial charge on any atom is 0.244 e. The van der Waals surface area contributed by atoms with E-state index in [1.807, 2.05) is 47.9 Å². The Morgan fingerprint density at radius 3 is 2.61 bits per heavy atom. The molecule has 6 nitrogen and oxygen atoms in total. The summed E-state index contributed by atoms with van der Waals surface area (Å²) in [5.41, 5.74) is 1.20. The third kappa shape index (κ3) is 5.57. The zero-order valence-electron chi connectivity index (χ0n) is 17.6. The van der Waals surface area contributed by atoms with Crippen LogP contribution in [0.3, 0.4) is 0 Å². The van der Waals surface area contributed by atoms with Crippen LogP contribution in [-0.2, 0) is 4.79 Å². The quantitative estimate of drug-likeness (QED) is 0.539. The lowest BCUT2D eigenvalue weighted by Crippen LogP contribution is -2.49. The molecule has 1 saturated heterocycles. The highest BCUT2D eigenvalue weighted by Gasteiger charge is 2.27. The second-order valence-corrected chi connectivity index (χ2v) is 8.33. The predicted molar refractivity (Wildman–Crippen MR) is 125 cm³/mol. The normalized spacial score (nSPS) is 15.8. The van der Waals surface area contributed by atoms with Crippen LogP contribution in [-0.4, -0.2) is 50.6 Å². The van der Waals surface area contributed by atoms with Crippen molar-refractivity contribution in [3.05, 3.63) is 76.9 Å². The zero-order chi connectivity index (χ0) is 21.5. The SMILES string of the molecule is COc1ccc(N2CCN(C(CNC(=O)/C=C/c3cccs3)c3ccco3)CC2)cc1. The van der Waals surface area contributed by atoms with Gasteiger partial charge in [0.2, 0.25) is 5.91 Å². The summed E-state index contributed by atoms with van der Waals surface area (Å²) in [7, 11) is 1.68. The fraction of sp³-hybridized carbons (Fsp3) is 0.292. The number of ether oxygens (including phenoxy) is 1. The Morgan fingerprint density at radius 1 is 1.16 bits per heavy atom. The van der Waals surface area contributed by atoms with Crippen LogP contribution in [0.5, 0.6) is 5.75 Å². The van der Waals surface area contributed by atoms with Gasteiger partial charge >= 0.3 is 0 Å². The van der Waals surface area contributed by atoms with Gasteiger partial charge in [-0.1, -0.05) is 6.07 Å². The number of hydrogen-bond donors (Lipinski definition) is 1. The molecule has 3 aromatic rings. The van der Waals surface area contributed by atoms with Crippen molar-refractivity contribution in [3.8, 4) is 5.75 Å². The first-order valence-corrected chi connectivity index (χ1v) is 11.3. The molecule has 0 aliphatic carbocycles. The number of nitrogens with zero attached hydrogens (tertiary/aromatic N) is 2. The zero-order valence-corrected chi connectivity index (χ0v) is 18.4. The number of amides is 1. The second kappa shape index (κ2) is 10.3. The minimum absolute atomic E-state index is 0.00658. The summed E-state index contributed by atoms with van der Waals surface area (Å²) in [5, 5.41) is 5.03. The van der Waals surface area contributed by atoms with Gasteiger partial charge in [-0.05, 0) is 53.9 Å². The molecule has 1 aromatic carbocycles. The number of methoxy groups -OCH3 is 1. The van der Waals surface area contributed by atoms with Gasteiger partial charge in [0.1, 0.15) is 11.5 Å². The molecule has 1 amide bonds. The van der Waals surface area contributed by atoms with Gasteiger partial charge in [0, 0.05) is 49.4 Å². The van der Waals surface area contributed by atoms with Crippen LogP contribution < -0.4 is 15.0 Å². The van der Waals surface area contributed by atoms with Crippen LogP contribution in [0.1, 0.15) is 16.7 Å². The molecule has 1 fully saturated rings. The van der Waals surface area contributed by atoms with Crippen LogP contribution in [0.2, 0.25) is 0 Å². The molecule has 1 N–H and O–H groups in total. The van der Waals surface area contributed by atoms with Crippen molar-refractivity contribution in [1.82, 2.24) is 10.2 Å². The molecule has 0 radical (unpaired) electrons. The molecule has 1 aliphatic rings. The second-order valence-electron chi connectivity index (χ2n) is 7.35. The van der Waals surface area contributed by atoms with Gasteiger partial charge < -0.3 is 19.4 Å². The van der Waals surface area contributed by atoms with Gasteiger partial charge in [-0.25, -0.2) is 0 Å². The van der Waals surface area contributed by atoms with Gasteiger partial charge in [0.15, 0.2) is 0 Å². The van der Waals surface area contributed by atoms with Gasteiger partial charge in [0.05, 0.1) is 19.4 Å². The first-order valence-electron chi connectivity index (χ1n) is 10.4. The Labute approximate surface area is 186 Å². The topological polar surface area (TPSA) is 58.0 Å². The van der Waals surface area contributed by atoms with E-state index in [9.17, 15) is 4.79 Å². The number of rotatable bonds is 8. The number of carbonyl (C=O) groups is 1. The fourth-order valence-corrected chi connectivity index (χ4v) is 4.39. The summed E-state index contributed by atoms with van der Waals surface area (Å²) >= 11 is 1.61. The number of nitrogens with one attached hydrogen (secondary N) is 1. The maximum absolute atomic E-state index is 12.3. The maximum atomic E-state index is 12.3. The Kier molecular flexibility index (Phi) is 7.07. The van der Waals surface area contributed by atoms with Crippen molar-refractivity contribution in [3.63, 3.8) is 0 Å². The highest BCUT2D eigenvalue weighted by atomic mass is 32.1. The summed E-state index contributed by atoms with van der Waals surface area (Å²) in [4.78, 5) is 18.1. The molecule has 0 bridgehead atoms. The van der Waals surface area contributed by atoms with Crippen molar-refractivity contribution >= 4 is 29.0 Å². The number of furan rings is 1. The Balaban J connectivity index is 1.35. The molecule has 0 saturated carbocycles. The van der Waals surface area contributed by atoms with E-state index in [0.29, 0.717) is 6.54 Å². The average molecular weight is 438 g/mol. The average Bonchev–Trinajstić information content (AvgIpc) is 3.53. The molecule has 1 atom stereocenters. The third-order valence-corrected chi connectivity index (χ3v) is 6.31. The number of hydrogen-bond acceptors (Lipinski definition) is 6. The van der Waals surface area contributed by atoms with Crippen LogP contribution in [0.15, 0.2) is 70.7 Å². The van der Waals surface area contributed by atoms with E-state index in [0.717, 1.165) is 42.6 Å². The van der Waals surface area contributed by atoms with E-state index in [-0.39, 0.29) is 11.9 Å². The predicted octanol–water partition coefficient (Wildman–Crippen LogP) is 4.04.